The van der Waals surface area contributed by atoms with E-state index in [-0.39, 0.29) is 40.1 Å². The first kappa shape index (κ1) is 23.0. The van der Waals surface area contributed by atoms with Gasteiger partial charge in [-0.2, -0.15) is 18.4 Å². The topological polar surface area (TPSA) is 131 Å². The van der Waals surface area contributed by atoms with E-state index >= 15 is 0 Å². The summed E-state index contributed by atoms with van der Waals surface area (Å²) in [5, 5.41) is 22.9. The number of aliphatic hydroxyl groups is 1. The van der Waals surface area contributed by atoms with Gasteiger partial charge in [-0.3, -0.25) is 4.79 Å². The van der Waals surface area contributed by atoms with E-state index in [9.17, 15) is 28.3 Å². The van der Waals surface area contributed by atoms with Crippen molar-refractivity contribution in [1.82, 2.24) is 24.8 Å². The molecule has 35 heavy (non-hydrogen) atoms. The first-order valence-corrected chi connectivity index (χ1v) is 11.3. The molecule has 4 heterocycles. The van der Waals surface area contributed by atoms with Crippen molar-refractivity contribution in [2.24, 2.45) is 5.92 Å². The number of aromatic amines is 1. The molecule has 5 rings (SSSR count). The zero-order valence-corrected chi connectivity index (χ0v) is 18.6. The number of rotatable bonds is 5. The molecule has 9 nitrogen and oxygen atoms in total. The standard InChI is InChI=1S/C23H22F3N7O2/c24-23(25,26)15-7-16-17(12-29-19(16)28-11-15)18-14(8-27)10-31-21(32-18)30-9-13-1-5-33(6-2-13)20(34)22(35)3-4-22/h7,10-13,35H,1-6,9H2,(H,28,29)(H,30,31,32). The van der Waals surface area contributed by atoms with Crippen LogP contribution in [0.2, 0.25) is 0 Å². The van der Waals surface area contributed by atoms with Gasteiger partial charge in [0.1, 0.15) is 17.3 Å². The van der Waals surface area contributed by atoms with Crippen LogP contribution < -0.4 is 5.32 Å². The van der Waals surface area contributed by atoms with Gasteiger partial charge in [0, 0.05) is 43.0 Å². The normalized spacial score (nSPS) is 17.9. The van der Waals surface area contributed by atoms with Crippen LogP contribution in [-0.2, 0) is 11.0 Å². The number of aromatic nitrogens is 4. The summed E-state index contributed by atoms with van der Waals surface area (Å²) in [4.78, 5) is 29.3. The number of nitriles is 1. The second-order valence-electron chi connectivity index (χ2n) is 9.04. The van der Waals surface area contributed by atoms with Crippen LogP contribution in [0.25, 0.3) is 22.3 Å². The van der Waals surface area contributed by atoms with E-state index in [0.717, 1.165) is 25.1 Å². The molecule has 2 fully saturated rings. The largest absolute Gasteiger partial charge is 0.417 e. The average Bonchev–Trinajstić information content (AvgIpc) is 3.46. The SMILES string of the molecule is N#Cc1cnc(NCC2CCN(C(=O)C3(O)CC3)CC2)nc1-c1c[nH]c2ncc(C(F)(F)F)cc12. The summed E-state index contributed by atoms with van der Waals surface area (Å²) in [6, 6.07) is 2.98. The Kier molecular flexibility index (Phi) is 5.59. The molecule has 0 aromatic carbocycles. The lowest BCUT2D eigenvalue weighted by Crippen LogP contribution is -2.45. The molecule has 0 bridgehead atoms. The van der Waals surface area contributed by atoms with Gasteiger partial charge >= 0.3 is 6.18 Å². The molecule has 0 radical (unpaired) electrons. The highest BCUT2D eigenvalue weighted by molar-refractivity contribution is 5.94. The zero-order chi connectivity index (χ0) is 24.8. The molecule has 1 amide bonds. The van der Waals surface area contributed by atoms with Crippen LogP contribution in [0.5, 0.6) is 0 Å². The highest BCUT2D eigenvalue weighted by atomic mass is 19.4. The van der Waals surface area contributed by atoms with Crippen molar-refractivity contribution in [3.05, 3.63) is 35.8 Å². The zero-order valence-electron chi connectivity index (χ0n) is 18.6. The molecule has 2 aliphatic rings. The number of pyridine rings is 1. The Morgan fingerprint density at radius 2 is 2.03 bits per heavy atom. The lowest BCUT2D eigenvalue weighted by molar-refractivity contribution is -0.143. The average molecular weight is 485 g/mol. The highest BCUT2D eigenvalue weighted by Crippen LogP contribution is 2.38. The Morgan fingerprint density at radius 1 is 1.29 bits per heavy atom. The molecule has 1 aliphatic carbocycles. The summed E-state index contributed by atoms with van der Waals surface area (Å²) >= 11 is 0. The summed E-state index contributed by atoms with van der Waals surface area (Å²) in [7, 11) is 0. The van der Waals surface area contributed by atoms with E-state index in [2.05, 4.69) is 25.3 Å². The summed E-state index contributed by atoms with van der Waals surface area (Å²) in [6.07, 6.45) is 1.57. The van der Waals surface area contributed by atoms with Crippen LogP contribution in [0.1, 0.15) is 36.8 Å². The fourth-order valence-electron chi connectivity index (χ4n) is 4.31. The molecule has 182 valence electrons. The smallest absolute Gasteiger partial charge is 0.380 e. The maximum Gasteiger partial charge on any atom is 0.417 e. The Bertz CT molecular complexity index is 1320. The predicted octanol–water partition coefficient (Wildman–Crippen LogP) is 3.09. The molecular formula is C23H22F3N7O2. The number of amides is 1. The lowest BCUT2D eigenvalue weighted by atomic mass is 9.96. The highest BCUT2D eigenvalue weighted by Gasteiger charge is 2.50. The third-order valence-electron chi connectivity index (χ3n) is 6.60. The number of hydrogen-bond donors (Lipinski definition) is 3. The predicted molar refractivity (Wildman–Crippen MR) is 119 cm³/mol. The second kappa shape index (κ2) is 8.49. The number of nitrogens with zero attached hydrogens (tertiary/aromatic N) is 5. The van der Waals surface area contributed by atoms with Crippen LogP contribution in [0, 0.1) is 17.2 Å². The van der Waals surface area contributed by atoms with E-state index in [1.165, 1.54) is 12.4 Å². The van der Waals surface area contributed by atoms with E-state index < -0.39 is 17.3 Å². The molecule has 1 saturated carbocycles. The van der Waals surface area contributed by atoms with E-state index in [4.69, 9.17) is 0 Å². The van der Waals surface area contributed by atoms with Crippen molar-refractivity contribution in [2.45, 2.75) is 37.5 Å². The summed E-state index contributed by atoms with van der Waals surface area (Å²) in [5.74, 6) is 0.312. The maximum atomic E-state index is 13.2. The van der Waals surface area contributed by atoms with Gasteiger partial charge < -0.3 is 20.3 Å². The van der Waals surface area contributed by atoms with Gasteiger partial charge in [-0.05, 0) is 37.7 Å². The van der Waals surface area contributed by atoms with E-state index in [0.29, 0.717) is 38.0 Å². The third kappa shape index (κ3) is 4.51. The molecule has 3 N–H and O–H groups in total. The molecule has 0 spiro atoms. The van der Waals surface area contributed by atoms with Crippen LogP contribution >= 0.6 is 0 Å². The first-order valence-electron chi connectivity index (χ1n) is 11.3. The Balaban J connectivity index is 1.31. The van der Waals surface area contributed by atoms with Gasteiger partial charge in [-0.15, -0.1) is 0 Å². The molecule has 0 unspecified atom stereocenters. The van der Waals surface area contributed by atoms with Gasteiger partial charge in [-0.1, -0.05) is 0 Å². The molecule has 3 aromatic rings. The molecule has 1 aliphatic heterocycles. The number of hydrogen-bond acceptors (Lipinski definition) is 7. The van der Waals surface area contributed by atoms with Gasteiger partial charge in [0.15, 0.2) is 0 Å². The summed E-state index contributed by atoms with van der Waals surface area (Å²) in [5.41, 5.74) is -1.14. The number of fused-ring (bicyclic) bond motifs is 1. The number of piperidine rings is 1. The van der Waals surface area contributed by atoms with Crippen molar-refractivity contribution < 1.29 is 23.1 Å². The van der Waals surface area contributed by atoms with Crippen LogP contribution in [0.4, 0.5) is 19.1 Å². The third-order valence-corrected chi connectivity index (χ3v) is 6.60. The van der Waals surface area contributed by atoms with Gasteiger partial charge in [0.05, 0.1) is 23.0 Å². The number of likely N-dealkylation sites (tertiary alicyclic amines) is 1. The van der Waals surface area contributed by atoms with Crippen molar-refractivity contribution in [2.75, 3.05) is 25.0 Å². The molecule has 1 saturated heterocycles. The minimum atomic E-state index is -4.55. The summed E-state index contributed by atoms with van der Waals surface area (Å²) < 4.78 is 39.6. The number of nitrogens with one attached hydrogen (secondary N) is 2. The number of carbonyl (C=O) groups excluding carboxylic acids is 1. The minimum absolute atomic E-state index is 0.124. The number of anilines is 1. The van der Waals surface area contributed by atoms with E-state index in [1.54, 1.807) is 4.90 Å². The Hall–Kier alpha value is -3.72. The first-order chi connectivity index (χ1) is 16.7. The van der Waals surface area contributed by atoms with Gasteiger partial charge in [-0.25, -0.2) is 15.0 Å². The van der Waals surface area contributed by atoms with Crippen molar-refractivity contribution in [3.63, 3.8) is 0 Å². The molecule has 12 heteroatoms. The van der Waals surface area contributed by atoms with Crippen molar-refractivity contribution in [1.29, 1.82) is 5.26 Å². The van der Waals surface area contributed by atoms with Crippen LogP contribution in [0.3, 0.4) is 0 Å². The van der Waals surface area contributed by atoms with Crippen LogP contribution in [0.15, 0.2) is 24.7 Å². The van der Waals surface area contributed by atoms with E-state index in [1.807, 2.05) is 6.07 Å². The molecule has 0 atom stereocenters. The van der Waals surface area contributed by atoms with Crippen molar-refractivity contribution >= 4 is 22.9 Å². The summed E-state index contributed by atoms with van der Waals surface area (Å²) in [6.45, 7) is 1.67. The van der Waals surface area contributed by atoms with Gasteiger partial charge in [0.2, 0.25) is 5.95 Å². The number of alkyl halides is 3. The Morgan fingerprint density at radius 3 is 2.69 bits per heavy atom. The fourth-order valence-corrected chi connectivity index (χ4v) is 4.31. The monoisotopic (exact) mass is 485 g/mol. The number of carbonyl (C=O) groups is 1. The lowest BCUT2D eigenvalue weighted by Gasteiger charge is -2.33. The fraction of sp³-hybridized carbons (Fsp3) is 0.435. The minimum Gasteiger partial charge on any atom is -0.380 e. The van der Waals surface area contributed by atoms with Crippen molar-refractivity contribution in [3.8, 4) is 17.3 Å². The number of halogens is 3. The maximum absolute atomic E-state index is 13.2. The second-order valence-corrected chi connectivity index (χ2v) is 9.04. The van der Waals surface area contributed by atoms with Gasteiger partial charge in [0.25, 0.3) is 5.91 Å². The Labute approximate surface area is 198 Å². The molecular weight excluding hydrogens is 463 g/mol. The van der Waals surface area contributed by atoms with Crippen LogP contribution in [-0.4, -0.2) is 61.1 Å². The quantitative estimate of drug-likeness (QED) is 0.506. The molecule has 3 aromatic heterocycles. The number of H-pyrrole nitrogens is 1.